The Bertz CT molecular complexity index is 451. The van der Waals surface area contributed by atoms with E-state index in [-0.39, 0.29) is 11.6 Å². The number of carbonyl (C=O) groups excluding carboxylic acids is 1. The third kappa shape index (κ3) is 4.36. The van der Waals surface area contributed by atoms with Gasteiger partial charge in [-0.25, -0.2) is 17.9 Å². The first-order valence-corrected chi connectivity index (χ1v) is 8.70. The molecule has 0 bridgehead atoms. The highest BCUT2D eigenvalue weighted by Gasteiger charge is 2.37. The second-order valence-corrected chi connectivity index (χ2v) is 7.19. The fourth-order valence-corrected chi connectivity index (χ4v) is 4.21. The van der Waals surface area contributed by atoms with Crippen LogP contribution in [-0.2, 0) is 19.6 Å². The Balaban J connectivity index is 2.69. The Morgan fingerprint density at radius 2 is 2.16 bits per heavy atom. The molecule has 1 heterocycles. The first kappa shape index (κ1) is 16.3. The lowest BCUT2D eigenvalue weighted by Crippen LogP contribution is -2.51. The molecule has 0 aromatic heterocycles. The van der Waals surface area contributed by atoms with E-state index in [1.165, 1.54) is 23.6 Å². The molecule has 2 N–H and O–H groups in total. The van der Waals surface area contributed by atoms with Crippen molar-refractivity contribution in [2.75, 3.05) is 17.4 Å². The van der Waals surface area contributed by atoms with E-state index in [0.717, 1.165) is 0 Å². The molecule has 1 aliphatic rings. The lowest BCUT2D eigenvalue weighted by Gasteiger charge is -2.24. The van der Waals surface area contributed by atoms with Gasteiger partial charge in [0.1, 0.15) is 6.04 Å². The smallest absolute Gasteiger partial charge is 0.327 e. The predicted molar refractivity (Wildman–Crippen MR) is 72.3 cm³/mol. The molecule has 1 aliphatic heterocycles. The summed E-state index contributed by atoms with van der Waals surface area (Å²) in [5, 5.41) is 8.99. The molecule has 0 aromatic carbocycles. The average molecular weight is 310 g/mol. The Hall–Kier alpha value is -0.800. The van der Waals surface area contributed by atoms with Crippen molar-refractivity contribution >= 4 is 33.7 Å². The van der Waals surface area contributed by atoms with Crippen molar-refractivity contribution in [1.29, 1.82) is 0 Å². The number of sulfonamides is 1. The zero-order valence-corrected chi connectivity index (χ0v) is 12.5. The molecule has 19 heavy (non-hydrogen) atoms. The van der Waals surface area contributed by atoms with Gasteiger partial charge in [0.15, 0.2) is 0 Å². The van der Waals surface area contributed by atoms with Crippen LogP contribution >= 0.6 is 11.8 Å². The molecule has 2 unspecified atom stereocenters. The van der Waals surface area contributed by atoms with Gasteiger partial charge in [-0.1, -0.05) is 6.92 Å². The molecule has 110 valence electrons. The number of aliphatic carboxylic acids is 1. The van der Waals surface area contributed by atoms with Gasteiger partial charge in [-0.2, -0.15) is 0 Å². The predicted octanol–water partition coefficient (Wildman–Crippen LogP) is -0.310. The maximum absolute atomic E-state index is 12.1. The minimum Gasteiger partial charge on any atom is -0.480 e. The van der Waals surface area contributed by atoms with Crippen molar-refractivity contribution in [3.05, 3.63) is 0 Å². The maximum atomic E-state index is 12.1. The fraction of sp³-hybridized carbons (Fsp3) is 0.800. The Morgan fingerprint density at radius 3 is 2.68 bits per heavy atom. The molecule has 2 atom stereocenters. The van der Waals surface area contributed by atoms with E-state index >= 15 is 0 Å². The van der Waals surface area contributed by atoms with E-state index < -0.39 is 34.0 Å². The molecule has 1 fully saturated rings. The first-order valence-electron chi connectivity index (χ1n) is 5.89. The normalized spacial score (nSPS) is 21.4. The molecular weight excluding hydrogens is 292 g/mol. The summed E-state index contributed by atoms with van der Waals surface area (Å²) in [6, 6.07) is -1.83. The minimum absolute atomic E-state index is 0.0538. The van der Waals surface area contributed by atoms with Crippen molar-refractivity contribution < 1.29 is 23.1 Å². The summed E-state index contributed by atoms with van der Waals surface area (Å²) in [6.07, 6.45) is 0.452. The second kappa shape index (κ2) is 6.58. The molecule has 1 saturated heterocycles. The van der Waals surface area contributed by atoms with Crippen molar-refractivity contribution in [3.63, 3.8) is 0 Å². The first-order chi connectivity index (χ1) is 8.78. The van der Waals surface area contributed by atoms with Crippen LogP contribution in [0.3, 0.4) is 0 Å². The van der Waals surface area contributed by atoms with Crippen LogP contribution < -0.4 is 4.72 Å². The van der Waals surface area contributed by atoms with Crippen molar-refractivity contribution in [3.8, 4) is 0 Å². The lowest BCUT2D eigenvalue weighted by molar-refractivity contribution is -0.148. The van der Waals surface area contributed by atoms with Crippen molar-refractivity contribution in [2.45, 2.75) is 32.4 Å². The van der Waals surface area contributed by atoms with Gasteiger partial charge in [-0.3, -0.25) is 4.79 Å². The number of nitrogens with one attached hydrogen (secondary N) is 1. The quantitative estimate of drug-likeness (QED) is 0.697. The van der Waals surface area contributed by atoms with Gasteiger partial charge in [-0.15, -0.1) is 11.8 Å². The van der Waals surface area contributed by atoms with Crippen LogP contribution in [0.15, 0.2) is 0 Å². The zero-order chi connectivity index (χ0) is 14.6. The van der Waals surface area contributed by atoms with Gasteiger partial charge in [0, 0.05) is 5.75 Å². The third-order valence-electron chi connectivity index (χ3n) is 2.65. The van der Waals surface area contributed by atoms with Gasteiger partial charge >= 0.3 is 5.97 Å². The van der Waals surface area contributed by atoms with Crippen LogP contribution in [-0.4, -0.2) is 59.8 Å². The standard InChI is InChI=1S/C10H18N2O5S2/c1-3-4-19(16,17)11-7(2)9(13)12-6-18-5-8(12)10(14)15/h7-8,11H,3-6H2,1-2H3,(H,14,15). The average Bonchev–Trinajstić information content (AvgIpc) is 2.75. The Kier molecular flexibility index (Phi) is 5.63. The topological polar surface area (TPSA) is 104 Å². The van der Waals surface area contributed by atoms with E-state index in [0.29, 0.717) is 12.2 Å². The molecule has 0 saturated carbocycles. The molecule has 9 heteroatoms. The van der Waals surface area contributed by atoms with Crippen LogP contribution in [0.1, 0.15) is 20.3 Å². The van der Waals surface area contributed by atoms with Crippen LogP contribution in [0.2, 0.25) is 0 Å². The molecule has 0 aromatic rings. The Morgan fingerprint density at radius 1 is 1.53 bits per heavy atom. The zero-order valence-electron chi connectivity index (χ0n) is 10.8. The molecule has 0 aliphatic carbocycles. The van der Waals surface area contributed by atoms with Crippen molar-refractivity contribution in [2.24, 2.45) is 0 Å². The monoisotopic (exact) mass is 310 g/mol. The van der Waals surface area contributed by atoms with E-state index in [4.69, 9.17) is 5.11 Å². The van der Waals surface area contributed by atoms with Gasteiger partial charge in [0.25, 0.3) is 0 Å². The van der Waals surface area contributed by atoms with E-state index in [9.17, 15) is 18.0 Å². The highest BCUT2D eigenvalue weighted by Crippen LogP contribution is 2.21. The summed E-state index contributed by atoms with van der Waals surface area (Å²) in [6.45, 7) is 3.15. The number of amides is 1. The van der Waals surface area contributed by atoms with Gasteiger partial charge in [0.2, 0.25) is 15.9 Å². The number of hydrogen-bond donors (Lipinski definition) is 2. The summed E-state index contributed by atoms with van der Waals surface area (Å²) in [4.78, 5) is 24.2. The van der Waals surface area contributed by atoms with Crippen LogP contribution in [0.4, 0.5) is 0 Å². The number of carbonyl (C=O) groups is 2. The summed E-state index contributed by atoms with van der Waals surface area (Å²) in [5.41, 5.74) is 0. The Labute approximate surface area is 116 Å². The number of nitrogens with zero attached hydrogens (tertiary/aromatic N) is 1. The molecule has 1 rings (SSSR count). The van der Waals surface area contributed by atoms with Gasteiger partial charge < -0.3 is 10.0 Å². The molecular formula is C10H18N2O5S2. The van der Waals surface area contributed by atoms with Crippen molar-refractivity contribution in [1.82, 2.24) is 9.62 Å². The largest absolute Gasteiger partial charge is 0.480 e. The molecule has 0 radical (unpaired) electrons. The van der Waals surface area contributed by atoms with E-state index in [1.54, 1.807) is 6.92 Å². The summed E-state index contributed by atoms with van der Waals surface area (Å²) >= 11 is 1.34. The lowest BCUT2D eigenvalue weighted by atomic mass is 10.2. The molecule has 1 amide bonds. The third-order valence-corrected chi connectivity index (χ3v) is 5.32. The van der Waals surface area contributed by atoms with Crippen LogP contribution in [0, 0.1) is 0 Å². The minimum atomic E-state index is -3.49. The summed E-state index contributed by atoms with van der Waals surface area (Å²) in [7, 11) is -3.49. The number of thioether (sulfide) groups is 1. The highest BCUT2D eigenvalue weighted by molar-refractivity contribution is 7.99. The van der Waals surface area contributed by atoms with Gasteiger partial charge in [-0.05, 0) is 13.3 Å². The highest BCUT2D eigenvalue weighted by atomic mass is 32.2. The van der Waals surface area contributed by atoms with E-state index in [1.807, 2.05) is 0 Å². The SMILES string of the molecule is CCCS(=O)(=O)NC(C)C(=O)N1CSCC1C(=O)O. The number of rotatable bonds is 6. The van der Waals surface area contributed by atoms with Crippen LogP contribution in [0.5, 0.6) is 0 Å². The second-order valence-electron chi connectivity index (χ2n) is 4.32. The van der Waals surface area contributed by atoms with E-state index in [2.05, 4.69) is 4.72 Å². The summed E-state index contributed by atoms with van der Waals surface area (Å²) in [5.74, 6) is -1.02. The maximum Gasteiger partial charge on any atom is 0.327 e. The molecule has 7 nitrogen and oxygen atoms in total. The number of carboxylic acids is 1. The van der Waals surface area contributed by atoms with Gasteiger partial charge in [0.05, 0.1) is 17.7 Å². The number of carboxylic acid groups (broad SMARTS) is 1. The fourth-order valence-electron chi connectivity index (χ4n) is 1.76. The van der Waals surface area contributed by atoms with Crippen LogP contribution in [0.25, 0.3) is 0 Å². The molecule has 0 spiro atoms. The number of hydrogen-bond acceptors (Lipinski definition) is 5. The summed E-state index contributed by atoms with van der Waals surface area (Å²) < 4.78 is 25.4.